The Labute approximate surface area is 146 Å². The van der Waals surface area contributed by atoms with Gasteiger partial charge in [0.25, 0.3) is 5.91 Å². The van der Waals surface area contributed by atoms with Crippen LogP contribution >= 0.6 is 0 Å². The van der Waals surface area contributed by atoms with Crippen LogP contribution in [-0.4, -0.2) is 54.1 Å². The molecule has 1 aromatic heterocycles. The number of benzene rings is 1. The average Bonchev–Trinajstić information content (AvgIpc) is 3.15. The van der Waals surface area contributed by atoms with Crippen LogP contribution in [0, 0.1) is 0 Å². The summed E-state index contributed by atoms with van der Waals surface area (Å²) in [6.07, 6.45) is 1.69. The number of rotatable bonds is 3. The number of ether oxygens (including phenoxy) is 2. The maximum absolute atomic E-state index is 12.8. The molecule has 1 amide bonds. The van der Waals surface area contributed by atoms with E-state index in [0.29, 0.717) is 51.2 Å². The molecule has 2 aliphatic heterocycles. The Hall–Kier alpha value is -2.67. The minimum Gasteiger partial charge on any atom is -0.481 e. The predicted molar refractivity (Wildman–Crippen MR) is 91.6 cm³/mol. The van der Waals surface area contributed by atoms with E-state index in [9.17, 15) is 4.79 Å². The number of amides is 1. The zero-order chi connectivity index (χ0) is 17.2. The summed E-state index contributed by atoms with van der Waals surface area (Å²) in [6, 6.07) is 7.58. The van der Waals surface area contributed by atoms with Crippen molar-refractivity contribution in [1.82, 2.24) is 14.9 Å². The highest BCUT2D eigenvalue weighted by atomic mass is 16.5. The summed E-state index contributed by atoms with van der Waals surface area (Å²) < 4.78 is 10.6. The van der Waals surface area contributed by atoms with E-state index in [1.807, 2.05) is 23.1 Å². The van der Waals surface area contributed by atoms with Gasteiger partial charge in [-0.3, -0.25) is 4.79 Å². The van der Waals surface area contributed by atoms with Gasteiger partial charge in [-0.05, 0) is 23.3 Å². The summed E-state index contributed by atoms with van der Waals surface area (Å²) in [5, 5.41) is 0. The minimum absolute atomic E-state index is 0.0703. The van der Waals surface area contributed by atoms with Crippen molar-refractivity contribution in [2.45, 2.75) is 13.2 Å². The highest BCUT2D eigenvalue weighted by molar-refractivity contribution is 5.94. The fraction of sp³-hybridized carbons (Fsp3) is 0.389. The summed E-state index contributed by atoms with van der Waals surface area (Å²) in [7, 11) is 1.59. The van der Waals surface area contributed by atoms with Crippen LogP contribution in [0.5, 0.6) is 5.88 Å². The Balaban J connectivity index is 1.42. The topological polar surface area (TPSA) is 67.8 Å². The Kier molecular flexibility index (Phi) is 4.23. The first kappa shape index (κ1) is 15.8. The molecule has 2 aromatic rings. The van der Waals surface area contributed by atoms with Gasteiger partial charge < -0.3 is 19.3 Å². The molecule has 1 fully saturated rings. The first-order chi connectivity index (χ1) is 12.2. The highest BCUT2D eigenvalue weighted by Gasteiger charge is 2.24. The zero-order valence-electron chi connectivity index (χ0n) is 14.1. The van der Waals surface area contributed by atoms with Crippen molar-refractivity contribution < 1.29 is 14.3 Å². The number of nitrogens with zero attached hydrogens (tertiary/aromatic N) is 4. The maximum atomic E-state index is 12.8. The number of fused-ring (bicyclic) bond motifs is 1. The van der Waals surface area contributed by atoms with Gasteiger partial charge in [0.2, 0.25) is 11.8 Å². The monoisotopic (exact) mass is 340 g/mol. The van der Waals surface area contributed by atoms with Crippen LogP contribution in [0.15, 0.2) is 30.5 Å². The van der Waals surface area contributed by atoms with Gasteiger partial charge in [0, 0.05) is 44.0 Å². The first-order valence-electron chi connectivity index (χ1n) is 8.35. The molecule has 0 N–H and O–H groups in total. The molecule has 7 nitrogen and oxygen atoms in total. The molecule has 0 radical (unpaired) electrons. The van der Waals surface area contributed by atoms with Crippen molar-refractivity contribution in [1.29, 1.82) is 0 Å². The van der Waals surface area contributed by atoms with E-state index >= 15 is 0 Å². The van der Waals surface area contributed by atoms with Gasteiger partial charge in [-0.1, -0.05) is 6.07 Å². The summed E-state index contributed by atoms with van der Waals surface area (Å²) in [5.74, 6) is 1.26. The maximum Gasteiger partial charge on any atom is 0.253 e. The van der Waals surface area contributed by atoms with E-state index in [4.69, 9.17) is 9.47 Å². The summed E-state index contributed by atoms with van der Waals surface area (Å²) in [6.45, 7) is 3.93. The van der Waals surface area contributed by atoms with E-state index < -0.39 is 0 Å². The third-order valence-electron chi connectivity index (χ3n) is 4.64. The van der Waals surface area contributed by atoms with E-state index in [1.165, 1.54) is 5.56 Å². The van der Waals surface area contributed by atoms with Crippen molar-refractivity contribution in [3.63, 3.8) is 0 Å². The van der Waals surface area contributed by atoms with E-state index in [2.05, 4.69) is 14.9 Å². The number of carbonyl (C=O) groups excluding carboxylic acids is 1. The van der Waals surface area contributed by atoms with Crippen molar-refractivity contribution in [2.75, 3.05) is 38.2 Å². The van der Waals surface area contributed by atoms with Crippen molar-refractivity contribution in [3.8, 4) is 5.88 Å². The van der Waals surface area contributed by atoms with E-state index in [1.54, 1.807) is 19.4 Å². The second-order valence-corrected chi connectivity index (χ2v) is 6.15. The number of hydrogen-bond donors (Lipinski definition) is 0. The summed E-state index contributed by atoms with van der Waals surface area (Å²) in [4.78, 5) is 25.4. The van der Waals surface area contributed by atoms with Crippen LogP contribution in [0.3, 0.4) is 0 Å². The molecule has 0 bridgehead atoms. The predicted octanol–water partition coefficient (Wildman–Crippen LogP) is 1.48. The molecule has 1 saturated heterocycles. The molecule has 4 rings (SSSR count). The minimum atomic E-state index is 0.0703. The van der Waals surface area contributed by atoms with Gasteiger partial charge in [0.15, 0.2) is 0 Å². The fourth-order valence-electron chi connectivity index (χ4n) is 3.20. The lowest BCUT2D eigenvalue weighted by molar-refractivity contribution is 0.0746. The SMILES string of the molecule is COc1ccnc(N2CCN(C(=O)c3ccc4c(c3)COC4)CC2)n1. The van der Waals surface area contributed by atoms with Crippen molar-refractivity contribution in [3.05, 3.63) is 47.2 Å². The number of hydrogen-bond acceptors (Lipinski definition) is 6. The fourth-order valence-corrected chi connectivity index (χ4v) is 3.20. The lowest BCUT2D eigenvalue weighted by Crippen LogP contribution is -2.49. The molecule has 2 aliphatic rings. The van der Waals surface area contributed by atoms with Gasteiger partial charge in [-0.25, -0.2) is 4.98 Å². The second-order valence-electron chi connectivity index (χ2n) is 6.15. The van der Waals surface area contributed by atoms with Gasteiger partial charge in [-0.2, -0.15) is 4.98 Å². The van der Waals surface area contributed by atoms with Crippen LogP contribution in [0.1, 0.15) is 21.5 Å². The van der Waals surface area contributed by atoms with Crippen molar-refractivity contribution in [2.24, 2.45) is 0 Å². The molecule has 7 heteroatoms. The number of methoxy groups -OCH3 is 1. The lowest BCUT2D eigenvalue weighted by atomic mass is 10.1. The summed E-state index contributed by atoms with van der Waals surface area (Å²) in [5.41, 5.74) is 3.03. The number of aromatic nitrogens is 2. The van der Waals surface area contributed by atoms with Crippen LogP contribution in [0.4, 0.5) is 5.95 Å². The second kappa shape index (κ2) is 6.68. The highest BCUT2D eigenvalue weighted by Crippen LogP contribution is 2.22. The van der Waals surface area contributed by atoms with Crippen LogP contribution in [-0.2, 0) is 18.0 Å². The van der Waals surface area contributed by atoms with Crippen molar-refractivity contribution >= 4 is 11.9 Å². The standard InChI is InChI=1S/C18H20N4O3/c1-24-16-4-5-19-18(20-16)22-8-6-21(7-9-22)17(23)13-2-3-14-11-25-12-15(14)10-13/h2-5,10H,6-9,11-12H2,1H3. The normalized spacial score (nSPS) is 16.7. The first-order valence-corrected chi connectivity index (χ1v) is 8.35. The largest absolute Gasteiger partial charge is 0.481 e. The number of piperazine rings is 1. The molecule has 0 atom stereocenters. The lowest BCUT2D eigenvalue weighted by Gasteiger charge is -2.34. The molecule has 1 aromatic carbocycles. The zero-order valence-corrected chi connectivity index (χ0v) is 14.1. The average molecular weight is 340 g/mol. The van der Waals surface area contributed by atoms with Gasteiger partial charge >= 0.3 is 0 Å². The quantitative estimate of drug-likeness (QED) is 0.843. The molecule has 25 heavy (non-hydrogen) atoms. The Morgan fingerprint density at radius 1 is 1.12 bits per heavy atom. The Morgan fingerprint density at radius 2 is 1.92 bits per heavy atom. The molecule has 130 valence electrons. The molecule has 0 saturated carbocycles. The third-order valence-corrected chi connectivity index (χ3v) is 4.64. The molecule has 0 unspecified atom stereocenters. The number of anilines is 1. The molecular formula is C18H20N4O3. The molecular weight excluding hydrogens is 320 g/mol. The Bertz CT molecular complexity index is 788. The van der Waals surface area contributed by atoms with E-state index in [0.717, 1.165) is 11.1 Å². The third kappa shape index (κ3) is 3.15. The molecule has 3 heterocycles. The van der Waals surface area contributed by atoms with Crippen LogP contribution in [0.2, 0.25) is 0 Å². The molecule has 0 spiro atoms. The number of carbonyl (C=O) groups is 1. The van der Waals surface area contributed by atoms with Gasteiger partial charge in [-0.15, -0.1) is 0 Å². The smallest absolute Gasteiger partial charge is 0.253 e. The van der Waals surface area contributed by atoms with Crippen LogP contribution < -0.4 is 9.64 Å². The van der Waals surface area contributed by atoms with Gasteiger partial charge in [0.05, 0.1) is 20.3 Å². The van der Waals surface area contributed by atoms with Gasteiger partial charge in [0.1, 0.15) is 0 Å². The summed E-state index contributed by atoms with van der Waals surface area (Å²) >= 11 is 0. The van der Waals surface area contributed by atoms with E-state index in [-0.39, 0.29) is 5.91 Å². The Morgan fingerprint density at radius 3 is 2.72 bits per heavy atom. The van der Waals surface area contributed by atoms with Crippen LogP contribution in [0.25, 0.3) is 0 Å². The molecule has 0 aliphatic carbocycles.